The standard InChI is InChI=1S/C27H28F5N3O5/c1-15(33-12-6-11-22(36)37)13-35-25(38)23(17-7-4-10-21(40-3)24(17)29)16(2)34(26(35)39)14-18-19(27(30,31)32)8-5-9-20(18)28/h4-5,7-10,15,33H,6,11-14H2,1-3H3,(H,36,37)/t15-/m1/s1. The first-order valence-electron chi connectivity index (χ1n) is 12.2. The molecule has 0 bridgehead atoms. The van der Waals surface area contributed by atoms with Crippen LogP contribution in [0.5, 0.6) is 5.75 Å². The van der Waals surface area contributed by atoms with E-state index in [1.165, 1.54) is 32.2 Å². The fourth-order valence-corrected chi connectivity index (χ4v) is 4.39. The zero-order valence-corrected chi connectivity index (χ0v) is 21.9. The largest absolute Gasteiger partial charge is 0.494 e. The van der Waals surface area contributed by atoms with Crippen molar-refractivity contribution in [3.05, 3.63) is 85.7 Å². The summed E-state index contributed by atoms with van der Waals surface area (Å²) in [6.07, 6.45) is -4.78. The van der Waals surface area contributed by atoms with Crippen molar-refractivity contribution in [1.82, 2.24) is 14.5 Å². The number of carbonyl (C=O) groups is 1. The van der Waals surface area contributed by atoms with Crippen LogP contribution < -0.4 is 21.3 Å². The molecule has 2 N–H and O–H groups in total. The quantitative estimate of drug-likeness (QED) is 0.265. The van der Waals surface area contributed by atoms with Gasteiger partial charge in [-0.05, 0) is 45.0 Å². The SMILES string of the molecule is COc1cccc(-c2c(C)n(Cc3c(F)cccc3C(F)(F)F)c(=O)n(C[C@@H](C)NCCCC(=O)O)c2=O)c1F. The summed E-state index contributed by atoms with van der Waals surface area (Å²) >= 11 is 0. The number of carboxylic acid groups (broad SMARTS) is 1. The molecule has 216 valence electrons. The minimum Gasteiger partial charge on any atom is -0.494 e. The maximum atomic E-state index is 15.3. The summed E-state index contributed by atoms with van der Waals surface area (Å²) in [6, 6.07) is 5.80. The molecule has 0 saturated carbocycles. The fourth-order valence-electron chi connectivity index (χ4n) is 4.39. The molecule has 0 aliphatic rings. The van der Waals surface area contributed by atoms with E-state index in [9.17, 15) is 31.9 Å². The number of ether oxygens (including phenoxy) is 1. The number of alkyl halides is 3. The zero-order chi connectivity index (χ0) is 29.8. The van der Waals surface area contributed by atoms with Crippen LogP contribution in [0.2, 0.25) is 0 Å². The van der Waals surface area contributed by atoms with Gasteiger partial charge in [-0.15, -0.1) is 0 Å². The van der Waals surface area contributed by atoms with Crippen LogP contribution in [0, 0.1) is 18.6 Å². The number of hydrogen-bond acceptors (Lipinski definition) is 5. The van der Waals surface area contributed by atoms with E-state index in [2.05, 4.69) is 5.32 Å². The Bertz CT molecular complexity index is 1510. The molecule has 40 heavy (non-hydrogen) atoms. The van der Waals surface area contributed by atoms with Crippen molar-refractivity contribution < 1.29 is 36.6 Å². The fraction of sp³-hybridized carbons (Fsp3) is 0.370. The molecule has 0 spiro atoms. The Morgan fingerprint density at radius 3 is 2.40 bits per heavy atom. The lowest BCUT2D eigenvalue weighted by molar-refractivity contribution is -0.138. The molecule has 3 aromatic rings. The predicted molar refractivity (Wildman–Crippen MR) is 136 cm³/mol. The van der Waals surface area contributed by atoms with Crippen LogP contribution in [-0.4, -0.2) is 39.9 Å². The number of hydrogen-bond donors (Lipinski definition) is 2. The lowest BCUT2D eigenvalue weighted by atomic mass is 10.0. The molecule has 0 radical (unpaired) electrons. The summed E-state index contributed by atoms with van der Waals surface area (Å²) in [7, 11) is 1.21. The van der Waals surface area contributed by atoms with Crippen molar-refractivity contribution in [2.24, 2.45) is 0 Å². The van der Waals surface area contributed by atoms with Gasteiger partial charge in [0.1, 0.15) is 5.82 Å². The first kappa shape index (κ1) is 30.5. The number of benzene rings is 2. The number of halogens is 5. The normalized spacial score (nSPS) is 12.4. The van der Waals surface area contributed by atoms with Crippen molar-refractivity contribution in [3.8, 4) is 16.9 Å². The van der Waals surface area contributed by atoms with Gasteiger partial charge in [0, 0.05) is 35.8 Å². The van der Waals surface area contributed by atoms with Gasteiger partial charge in [-0.1, -0.05) is 18.2 Å². The Balaban J connectivity index is 2.22. The summed E-state index contributed by atoms with van der Waals surface area (Å²) in [5, 5.41) is 11.8. The van der Waals surface area contributed by atoms with E-state index in [1.54, 1.807) is 6.92 Å². The highest BCUT2D eigenvalue weighted by Crippen LogP contribution is 2.34. The maximum absolute atomic E-state index is 15.3. The summed E-state index contributed by atoms with van der Waals surface area (Å²) in [5.74, 6) is -3.34. The Kier molecular flexibility index (Phi) is 9.51. The van der Waals surface area contributed by atoms with Gasteiger partial charge in [-0.2, -0.15) is 13.2 Å². The number of rotatable bonds is 11. The van der Waals surface area contributed by atoms with Gasteiger partial charge in [0.25, 0.3) is 5.56 Å². The van der Waals surface area contributed by atoms with Gasteiger partial charge < -0.3 is 15.2 Å². The number of methoxy groups -OCH3 is 1. The highest BCUT2D eigenvalue weighted by atomic mass is 19.4. The number of aliphatic carboxylic acids is 1. The van der Waals surface area contributed by atoms with E-state index in [1.807, 2.05) is 0 Å². The Morgan fingerprint density at radius 1 is 1.10 bits per heavy atom. The molecule has 3 rings (SSSR count). The topological polar surface area (TPSA) is 103 Å². The highest BCUT2D eigenvalue weighted by molar-refractivity contribution is 5.67. The number of carboxylic acids is 1. The predicted octanol–water partition coefficient (Wildman–Crippen LogP) is 4.18. The van der Waals surface area contributed by atoms with Crippen molar-refractivity contribution >= 4 is 5.97 Å². The van der Waals surface area contributed by atoms with Crippen LogP contribution in [0.3, 0.4) is 0 Å². The first-order valence-corrected chi connectivity index (χ1v) is 12.2. The average molecular weight is 570 g/mol. The zero-order valence-electron chi connectivity index (χ0n) is 21.9. The van der Waals surface area contributed by atoms with E-state index in [-0.39, 0.29) is 48.5 Å². The van der Waals surface area contributed by atoms with Crippen molar-refractivity contribution in [3.63, 3.8) is 0 Å². The van der Waals surface area contributed by atoms with Crippen LogP contribution in [0.25, 0.3) is 11.1 Å². The smallest absolute Gasteiger partial charge is 0.416 e. The summed E-state index contributed by atoms with van der Waals surface area (Å²) in [5.41, 5.74) is -4.77. The third-order valence-corrected chi connectivity index (χ3v) is 6.40. The highest BCUT2D eigenvalue weighted by Gasteiger charge is 2.35. The van der Waals surface area contributed by atoms with Gasteiger partial charge >= 0.3 is 17.8 Å². The Hall–Kier alpha value is -4.00. The van der Waals surface area contributed by atoms with Crippen LogP contribution >= 0.6 is 0 Å². The molecule has 0 amide bonds. The minimum atomic E-state index is -4.93. The van der Waals surface area contributed by atoms with Crippen LogP contribution in [0.1, 0.15) is 36.6 Å². The van der Waals surface area contributed by atoms with Crippen LogP contribution in [0.4, 0.5) is 22.0 Å². The Labute approximate surface area is 225 Å². The average Bonchev–Trinajstić information content (AvgIpc) is 2.88. The maximum Gasteiger partial charge on any atom is 0.416 e. The van der Waals surface area contributed by atoms with E-state index >= 15 is 4.39 Å². The molecule has 0 aliphatic heterocycles. The van der Waals surface area contributed by atoms with Gasteiger partial charge in [0.15, 0.2) is 11.6 Å². The lowest BCUT2D eigenvalue weighted by Crippen LogP contribution is -2.46. The van der Waals surface area contributed by atoms with Crippen molar-refractivity contribution in [2.45, 2.75) is 52.0 Å². The monoisotopic (exact) mass is 569 g/mol. The summed E-state index contributed by atoms with van der Waals surface area (Å²) in [6.45, 7) is 1.95. The van der Waals surface area contributed by atoms with Gasteiger partial charge in [0.2, 0.25) is 0 Å². The number of aromatic nitrogens is 2. The molecule has 2 aromatic carbocycles. The molecule has 0 fully saturated rings. The molecular weight excluding hydrogens is 541 g/mol. The second-order valence-electron chi connectivity index (χ2n) is 9.18. The molecule has 1 aromatic heterocycles. The first-order chi connectivity index (χ1) is 18.8. The van der Waals surface area contributed by atoms with E-state index in [0.29, 0.717) is 6.07 Å². The minimum absolute atomic E-state index is 0.111. The van der Waals surface area contributed by atoms with Gasteiger partial charge in [-0.3, -0.25) is 18.7 Å². The molecule has 8 nitrogen and oxygen atoms in total. The second-order valence-corrected chi connectivity index (χ2v) is 9.18. The molecule has 0 aliphatic carbocycles. The lowest BCUT2D eigenvalue weighted by Gasteiger charge is -2.22. The molecule has 0 unspecified atom stereocenters. The second kappa shape index (κ2) is 12.5. The van der Waals surface area contributed by atoms with E-state index < -0.39 is 58.7 Å². The number of nitrogens with one attached hydrogen (secondary N) is 1. The summed E-state index contributed by atoms with van der Waals surface area (Å²) in [4.78, 5) is 37.9. The Morgan fingerprint density at radius 2 is 1.77 bits per heavy atom. The van der Waals surface area contributed by atoms with E-state index in [0.717, 1.165) is 21.3 Å². The third-order valence-electron chi connectivity index (χ3n) is 6.40. The summed E-state index contributed by atoms with van der Waals surface area (Å²) < 4.78 is 77.7. The van der Waals surface area contributed by atoms with E-state index in [4.69, 9.17) is 9.84 Å². The number of nitrogens with zero attached hydrogens (tertiary/aromatic N) is 2. The molecular formula is C27H28F5N3O5. The van der Waals surface area contributed by atoms with Crippen LogP contribution in [0.15, 0.2) is 46.0 Å². The molecule has 13 heteroatoms. The van der Waals surface area contributed by atoms with Crippen molar-refractivity contribution in [2.75, 3.05) is 13.7 Å². The third kappa shape index (κ3) is 6.58. The molecule has 1 atom stereocenters. The molecule has 0 saturated heterocycles. The van der Waals surface area contributed by atoms with Gasteiger partial charge in [-0.25, -0.2) is 13.6 Å². The van der Waals surface area contributed by atoms with Gasteiger partial charge in [0.05, 0.1) is 24.8 Å². The molecule has 1 heterocycles. The van der Waals surface area contributed by atoms with Crippen LogP contribution in [-0.2, 0) is 24.1 Å². The van der Waals surface area contributed by atoms with Crippen molar-refractivity contribution in [1.29, 1.82) is 0 Å².